The second kappa shape index (κ2) is 10.3. The van der Waals surface area contributed by atoms with E-state index in [1.807, 2.05) is 36.4 Å². The van der Waals surface area contributed by atoms with Crippen molar-refractivity contribution in [1.29, 1.82) is 0 Å². The average Bonchev–Trinajstić information content (AvgIpc) is 3.51. The standard InChI is InChI=1S/C29H34N2O5/c1-3-30(4-2)22-12-9-19(10-13-22)26-25(28(33)29(34)31(26)18-23-8-6-15-35-23)27(32)21-11-14-24-20(17-21)7-5-16-36-24/h9-14,17,23,26,32H,3-8,15-16,18H2,1-2H3/b27-25-. The highest BCUT2D eigenvalue weighted by molar-refractivity contribution is 6.46. The van der Waals surface area contributed by atoms with Gasteiger partial charge in [0.1, 0.15) is 11.5 Å². The molecule has 2 atom stereocenters. The molecule has 7 heteroatoms. The number of nitrogens with zero attached hydrogens (tertiary/aromatic N) is 2. The minimum atomic E-state index is -0.674. The van der Waals surface area contributed by atoms with Crippen LogP contribution in [-0.4, -0.2) is 60.6 Å². The van der Waals surface area contributed by atoms with Crippen LogP contribution in [0.5, 0.6) is 5.75 Å². The van der Waals surface area contributed by atoms with E-state index in [2.05, 4.69) is 18.7 Å². The first-order valence-corrected chi connectivity index (χ1v) is 13.0. The first-order chi connectivity index (χ1) is 17.5. The maximum Gasteiger partial charge on any atom is 0.295 e. The second-order valence-electron chi connectivity index (χ2n) is 9.62. The van der Waals surface area contributed by atoms with Gasteiger partial charge in [-0.2, -0.15) is 0 Å². The number of carbonyl (C=O) groups excluding carboxylic acids is 2. The summed E-state index contributed by atoms with van der Waals surface area (Å²) in [5.74, 6) is -0.585. The zero-order chi connectivity index (χ0) is 25.2. The summed E-state index contributed by atoms with van der Waals surface area (Å²) in [5.41, 5.74) is 3.53. The van der Waals surface area contributed by atoms with Gasteiger partial charge in [-0.25, -0.2) is 0 Å². The van der Waals surface area contributed by atoms with Gasteiger partial charge >= 0.3 is 0 Å². The summed E-state index contributed by atoms with van der Waals surface area (Å²) in [4.78, 5) is 30.5. The fourth-order valence-corrected chi connectivity index (χ4v) is 5.54. The summed E-state index contributed by atoms with van der Waals surface area (Å²) < 4.78 is 11.5. The lowest BCUT2D eigenvalue weighted by Gasteiger charge is -2.28. The summed E-state index contributed by atoms with van der Waals surface area (Å²) in [6.07, 6.45) is 3.43. The fourth-order valence-electron chi connectivity index (χ4n) is 5.54. The van der Waals surface area contributed by atoms with Gasteiger partial charge in [-0.3, -0.25) is 9.59 Å². The van der Waals surface area contributed by atoms with Crippen molar-refractivity contribution < 1.29 is 24.2 Å². The molecule has 2 saturated heterocycles. The van der Waals surface area contributed by atoms with Crippen molar-refractivity contribution in [3.05, 3.63) is 64.7 Å². The first-order valence-electron chi connectivity index (χ1n) is 13.0. The molecule has 2 fully saturated rings. The maximum absolute atomic E-state index is 13.4. The highest BCUT2D eigenvalue weighted by atomic mass is 16.5. The lowest BCUT2D eigenvalue weighted by molar-refractivity contribution is -0.140. The number of hydrogen-bond acceptors (Lipinski definition) is 6. The molecule has 7 nitrogen and oxygen atoms in total. The molecule has 3 heterocycles. The topological polar surface area (TPSA) is 79.3 Å². The number of amides is 1. The zero-order valence-corrected chi connectivity index (χ0v) is 21.0. The molecule has 0 aromatic heterocycles. The van der Waals surface area contributed by atoms with E-state index in [0.29, 0.717) is 25.3 Å². The Labute approximate surface area is 212 Å². The van der Waals surface area contributed by atoms with Crippen molar-refractivity contribution in [3.8, 4) is 5.75 Å². The lowest BCUT2D eigenvalue weighted by Crippen LogP contribution is -2.36. The Hall–Kier alpha value is -3.32. The van der Waals surface area contributed by atoms with E-state index in [1.54, 1.807) is 11.0 Å². The van der Waals surface area contributed by atoms with Crippen LogP contribution in [0.15, 0.2) is 48.0 Å². The Bertz CT molecular complexity index is 1160. The Balaban J connectivity index is 1.57. The van der Waals surface area contributed by atoms with Gasteiger partial charge in [-0.05, 0) is 81.0 Å². The molecule has 3 aliphatic rings. The number of ketones is 1. The predicted octanol–water partition coefficient (Wildman–Crippen LogP) is 4.46. The lowest BCUT2D eigenvalue weighted by atomic mass is 9.93. The number of hydrogen-bond donors (Lipinski definition) is 1. The van der Waals surface area contributed by atoms with Gasteiger partial charge in [0.05, 0.1) is 24.3 Å². The van der Waals surface area contributed by atoms with Crippen LogP contribution in [0.3, 0.4) is 0 Å². The van der Waals surface area contributed by atoms with Gasteiger partial charge in [0, 0.05) is 37.5 Å². The van der Waals surface area contributed by atoms with Gasteiger partial charge in [0.25, 0.3) is 11.7 Å². The average molecular weight is 491 g/mol. The number of rotatable bonds is 7. The molecular formula is C29H34N2O5. The second-order valence-corrected chi connectivity index (χ2v) is 9.62. The summed E-state index contributed by atoms with van der Waals surface area (Å²) in [7, 11) is 0. The zero-order valence-electron chi connectivity index (χ0n) is 21.0. The van der Waals surface area contributed by atoms with Crippen LogP contribution in [0.25, 0.3) is 5.76 Å². The molecule has 0 spiro atoms. The van der Waals surface area contributed by atoms with Crippen molar-refractivity contribution in [2.75, 3.05) is 37.7 Å². The van der Waals surface area contributed by atoms with E-state index in [-0.39, 0.29) is 17.4 Å². The Morgan fingerprint density at radius 3 is 2.53 bits per heavy atom. The van der Waals surface area contributed by atoms with E-state index < -0.39 is 17.7 Å². The fraction of sp³-hybridized carbons (Fsp3) is 0.448. The van der Waals surface area contributed by atoms with Crippen LogP contribution in [0.1, 0.15) is 55.8 Å². The molecule has 2 unspecified atom stereocenters. The van der Waals surface area contributed by atoms with Gasteiger partial charge in [0.15, 0.2) is 0 Å². The van der Waals surface area contributed by atoms with Gasteiger partial charge < -0.3 is 24.4 Å². The van der Waals surface area contributed by atoms with Crippen LogP contribution in [-0.2, 0) is 20.7 Å². The number of fused-ring (bicyclic) bond motifs is 1. The molecule has 0 saturated carbocycles. The van der Waals surface area contributed by atoms with Gasteiger partial charge in [0.2, 0.25) is 0 Å². The Morgan fingerprint density at radius 1 is 1.06 bits per heavy atom. The molecule has 3 aliphatic heterocycles. The molecule has 1 N–H and O–H groups in total. The number of anilines is 1. The number of benzene rings is 2. The highest BCUT2D eigenvalue weighted by Gasteiger charge is 2.47. The van der Waals surface area contributed by atoms with Crippen LogP contribution in [0.4, 0.5) is 5.69 Å². The van der Waals surface area contributed by atoms with E-state index in [9.17, 15) is 14.7 Å². The molecule has 0 aliphatic carbocycles. The predicted molar refractivity (Wildman–Crippen MR) is 138 cm³/mol. The molecule has 190 valence electrons. The smallest absolute Gasteiger partial charge is 0.295 e. The van der Waals surface area contributed by atoms with Crippen LogP contribution in [0, 0.1) is 0 Å². The summed E-state index contributed by atoms with van der Waals surface area (Å²) in [5, 5.41) is 11.4. The number of carbonyl (C=O) groups is 2. The van der Waals surface area contributed by atoms with E-state index in [4.69, 9.17) is 9.47 Å². The van der Waals surface area contributed by atoms with Crippen LogP contribution in [0.2, 0.25) is 0 Å². The summed E-state index contributed by atoms with van der Waals surface area (Å²) in [6.45, 7) is 7.65. The van der Waals surface area contributed by atoms with Gasteiger partial charge in [-0.15, -0.1) is 0 Å². The monoisotopic (exact) mass is 490 g/mol. The maximum atomic E-state index is 13.4. The third-order valence-electron chi connectivity index (χ3n) is 7.48. The number of Topliss-reactive ketones (excluding diaryl/α,β-unsaturated/α-hetero) is 1. The third-order valence-corrected chi connectivity index (χ3v) is 7.48. The SMILES string of the molecule is CCN(CC)c1ccc(C2/C(=C(/O)c3ccc4c(c3)CCCO4)C(=O)C(=O)N2CC2CCCO2)cc1. The highest BCUT2D eigenvalue weighted by Crippen LogP contribution is 2.41. The third kappa shape index (κ3) is 4.48. The van der Waals surface area contributed by atoms with Crippen molar-refractivity contribution in [2.45, 2.75) is 51.7 Å². The molecule has 2 aromatic carbocycles. The summed E-state index contributed by atoms with van der Waals surface area (Å²) in [6, 6.07) is 12.7. The van der Waals surface area contributed by atoms with E-state index in [0.717, 1.165) is 61.3 Å². The van der Waals surface area contributed by atoms with Crippen molar-refractivity contribution in [1.82, 2.24) is 4.90 Å². The normalized spacial score (nSPS) is 23.0. The molecule has 36 heavy (non-hydrogen) atoms. The number of likely N-dealkylation sites (tertiary alicyclic amines) is 1. The van der Waals surface area contributed by atoms with Crippen LogP contribution >= 0.6 is 0 Å². The Kier molecular flexibility index (Phi) is 7.01. The quantitative estimate of drug-likeness (QED) is 0.351. The number of aryl methyl sites for hydroxylation is 1. The molecule has 0 bridgehead atoms. The van der Waals surface area contributed by atoms with Crippen molar-refractivity contribution in [2.24, 2.45) is 0 Å². The van der Waals surface area contributed by atoms with Crippen molar-refractivity contribution in [3.63, 3.8) is 0 Å². The van der Waals surface area contributed by atoms with E-state index in [1.165, 1.54) is 0 Å². The minimum Gasteiger partial charge on any atom is -0.507 e. The molecular weight excluding hydrogens is 456 g/mol. The molecule has 2 aromatic rings. The molecule has 0 radical (unpaired) electrons. The number of aliphatic hydroxyl groups is 1. The first kappa shape index (κ1) is 24.4. The Morgan fingerprint density at radius 2 is 1.83 bits per heavy atom. The summed E-state index contributed by atoms with van der Waals surface area (Å²) >= 11 is 0. The largest absolute Gasteiger partial charge is 0.507 e. The molecule has 5 rings (SSSR count). The molecule has 1 amide bonds. The van der Waals surface area contributed by atoms with Crippen LogP contribution < -0.4 is 9.64 Å². The number of ether oxygens (including phenoxy) is 2. The van der Waals surface area contributed by atoms with Gasteiger partial charge in [-0.1, -0.05) is 12.1 Å². The van der Waals surface area contributed by atoms with Crippen molar-refractivity contribution >= 4 is 23.1 Å². The van der Waals surface area contributed by atoms with E-state index >= 15 is 0 Å². The number of aliphatic hydroxyl groups excluding tert-OH is 1. The minimum absolute atomic E-state index is 0.110.